The van der Waals surface area contributed by atoms with Crippen LogP contribution in [0.2, 0.25) is 0 Å². The maximum Gasteiger partial charge on any atom is 0.495 e. The topological polar surface area (TPSA) is 60.0 Å². The van der Waals surface area contributed by atoms with Gasteiger partial charge in [0.2, 0.25) is 5.95 Å². The molecule has 0 spiro atoms. The van der Waals surface area contributed by atoms with E-state index in [-0.39, 0.29) is 23.0 Å². The molecule has 48 heavy (non-hydrogen) atoms. The van der Waals surface area contributed by atoms with Crippen molar-refractivity contribution in [3.63, 3.8) is 0 Å². The zero-order valence-corrected chi connectivity index (χ0v) is 26.4. The number of benzene rings is 2. The first-order valence-electron chi connectivity index (χ1n) is 14.9. The second-order valence-corrected chi connectivity index (χ2v) is 12.6. The Balaban J connectivity index is 1.60. The van der Waals surface area contributed by atoms with Crippen LogP contribution < -0.4 is 15.3 Å². The third-order valence-corrected chi connectivity index (χ3v) is 8.64. The van der Waals surface area contributed by atoms with E-state index in [1.807, 2.05) is 4.90 Å². The van der Waals surface area contributed by atoms with Gasteiger partial charge in [-0.25, -0.2) is 9.97 Å². The molecule has 5 rings (SSSR count). The Kier molecular flexibility index (Phi) is 9.46. The van der Waals surface area contributed by atoms with Gasteiger partial charge >= 0.3 is 25.6 Å². The molecule has 2 aromatic carbocycles. The van der Waals surface area contributed by atoms with Crippen LogP contribution in [0.5, 0.6) is 0 Å². The maximum atomic E-state index is 13.9. The summed E-state index contributed by atoms with van der Waals surface area (Å²) < 4.78 is 142. The van der Waals surface area contributed by atoms with E-state index in [4.69, 9.17) is 14.0 Å². The fourth-order valence-electron chi connectivity index (χ4n) is 5.32. The van der Waals surface area contributed by atoms with Crippen molar-refractivity contribution in [2.75, 3.05) is 36.1 Å². The quantitative estimate of drug-likeness (QED) is 0.198. The highest BCUT2D eigenvalue weighted by atomic mass is 19.4. The van der Waals surface area contributed by atoms with Gasteiger partial charge in [-0.05, 0) is 68.6 Å². The van der Waals surface area contributed by atoms with E-state index in [0.29, 0.717) is 44.1 Å². The van der Waals surface area contributed by atoms with E-state index in [1.54, 1.807) is 27.7 Å². The second kappa shape index (κ2) is 12.7. The van der Waals surface area contributed by atoms with E-state index < -0.39 is 72.2 Å². The number of rotatable bonds is 7. The third-order valence-electron chi connectivity index (χ3n) is 8.64. The molecule has 2 aliphatic heterocycles. The molecule has 2 saturated heterocycles. The Hall–Kier alpha value is -3.57. The number of ether oxygens (including phenoxy) is 1. The highest BCUT2D eigenvalue weighted by Crippen LogP contribution is 2.39. The van der Waals surface area contributed by atoms with Gasteiger partial charge in [-0.15, -0.1) is 0 Å². The number of anilines is 2. The lowest BCUT2D eigenvalue weighted by molar-refractivity contribution is -0.143. The number of aromatic nitrogens is 2. The van der Waals surface area contributed by atoms with Crippen LogP contribution in [0.15, 0.2) is 48.8 Å². The molecule has 0 saturated carbocycles. The SMILES string of the molecule is CC1(C)OB(c2ccc(C(F)(F)F)cc2CN(Cc2cc(C(F)(F)F)cc(C(F)(F)F)c2)c2ncc(N3CCOCC3)cn2)OC1(C)C. The number of morpholine rings is 1. The highest BCUT2D eigenvalue weighted by molar-refractivity contribution is 6.62. The smallest absolute Gasteiger partial charge is 0.399 e. The second-order valence-electron chi connectivity index (χ2n) is 12.6. The molecule has 2 aliphatic rings. The van der Waals surface area contributed by atoms with Crippen LogP contribution in [0.3, 0.4) is 0 Å². The van der Waals surface area contributed by atoms with Crippen molar-refractivity contribution in [3.05, 3.63) is 76.6 Å². The van der Waals surface area contributed by atoms with Crippen LogP contribution in [0, 0.1) is 0 Å². The lowest BCUT2D eigenvalue weighted by Gasteiger charge is -2.32. The maximum absolute atomic E-state index is 13.9. The van der Waals surface area contributed by atoms with Crippen molar-refractivity contribution in [1.82, 2.24) is 9.97 Å². The summed E-state index contributed by atoms with van der Waals surface area (Å²) in [7, 11) is -1.14. The average Bonchev–Trinajstić information content (AvgIpc) is 3.21. The van der Waals surface area contributed by atoms with Crippen LogP contribution in [0.4, 0.5) is 51.1 Å². The molecule has 0 N–H and O–H groups in total. The van der Waals surface area contributed by atoms with Crippen molar-refractivity contribution in [2.45, 2.75) is 70.5 Å². The standard InChI is InChI=1S/C31H32BF9N4O3/c1-27(2)28(3,4)48-32(47-27)25-6-5-21(29(33,34)35)13-20(25)18-45(26-42-15-24(16-43-26)44-7-9-46-10-8-44)17-19-11-22(30(36,37)38)14-23(12-19)31(39,40)41/h5-6,11-16H,7-10,17-18H2,1-4H3. The average molecular weight is 690 g/mol. The van der Waals surface area contributed by atoms with Gasteiger partial charge in [-0.2, -0.15) is 39.5 Å². The molecule has 0 radical (unpaired) electrons. The predicted octanol–water partition coefficient (Wildman–Crippen LogP) is 6.88. The zero-order chi connectivity index (χ0) is 35.3. The summed E-state index contributed by atoms with van der Waals surface area (Å²) in [6.45, 7) is 7.86. The summed E-state index contributed by atoms with van der Waals surface area (Å²) in [6.07, 6.45) is -12.1. The highest BCUT2D eigenvalue weighted by Gasteiger charge is 2.52. The Morgan fingerprint density at radius 3 is 1.75 bits per heavy atom. The fourth-order valence-corrected chi connectivity index (χ4v) is 5.32. The molecule has 7 nitrogen and oxygen atoms in total. The minimum absolute atomic E-state index is 0.00461. The lowest BCUT2D eigenvalue weighted by Crippen LogP contribution is -2.41. The first kappa shape index (κ1) is 35.7. The molecule has 0 aliphatic carbocycles. The molecule has 1 aromatic heterocycles. The molecule has 0 amide bonds. The molecular weight excluding hydrogens is 658 g/mol. The molecule has 17 heteroatoms. The van der Waals surface area contributed by atoms with Gasteiger partial charge in [0, 0.05) is 26.2 Å². The molecular formula is C31H32BF9N4O3. The summed E-state index contributed by atoms with van der Waals surface area (Å²) in [4.78, 5) is 11.8. The molecule has 0 bridgehead atoms. The van der Waals surface area contributed by atoms with E-state index >= 15 is 0 Å². The number of halogens is 9. The molecule has 3 heterocycles. The van der Waals surface area contributed by atoms with Gasteiger partial charge in [0.25, 0.3) is 0 Å². The van der Waals surface area contributed by atoms with Crippen LogP contribution in [0.25, 0.3) is 0 Å². The van der Waals surface area contributed by atoms with E-state index in [9.17, 15) is 39.5 Å². The Bertz CT molecular complexity index is 1560. The summed E-state index contributed by atoms with van der Waals surface area (Å²) in [5.41, 5.74) is -5.49. The van der Waals surface area contributed by atoms with Gasteiger partial charge < -0.3 is 23.8 Å². The van der Waals surface area contributed by atoms with Gasteiger partial charge in [0.15, 0.2) is 0 Å². The monoisotopic (exact) mass is 690 g/mol. The van der Waals surface area contributed by atoms with Gasteiger partial charge in [0.05, 0.1) is 59.2 Å². The molecule has 2 fully saturated rings. The van der Waals surface area contributed by atoms with Crippen molar-refractivity contribution < 1.29 is 53.6 Å². The van der Waals surface area contributed by atoms with Crippen LogP contribution in [-0.2, 0) is 45.7 Å². The lowest BCUT2D eigenvalue weighted by atomic mass is 9.75. The first-order chi connectivity index (χ1) is 22.1. The molecule has 0 unspecified atom stereocenters. The Morgan fingerprint density at radius 1 is 0.729 bits per heavy atom. The number of nitrogens with zero attached hydrogens (tertiary/aromatic N) is 4. The van der Waals surface area contributed by atoms with Gasteiger partial charge in [-0.1, -0.05) is 12.1 Å². The normalized spacial score (nSPS) is 18.4. The summed E-state index contributed by atoms with van der Waals surface area (Å²) in [6, 6.07) is 4.02. The Labute approximate surface area is 271 Å². The van der Waals surface area contributed by atoms with Crippen molar-refractivity contribution in [1.29, 1.82) is 0 Å². The number of alkyl halides is 9. The van der Waals surface area contributed by atoms with E-state index in [2.05, 4.69) is 9.97 Å². The third kappa shape index (κ3) is 7.83. The van der Waals surface area contributed by atoms with Crippen molar-refractivity contribution in [3.8, 4) is 0 Å². The summed E-state index contributed by atoms with van der Waals surface area (Å²) in [5, 5.41) is 0. The Morgan fingerprint density at radius 2 is 1.25 bits per heavy atom. The van der Waals surface area contributed by atoms with Crippen LogP contribution in [-0.4, -0.2) is 54.6 Å². The van der Waals surface area contributed by atoms with Crippen LogP contribution >= 0.6 is 0 Å². The molecule has 260 valence electrons. The zero-order valence-electron chi connectivity index (χ0n) is 26.4. The van der Waals surface area contributed by atoms with Crippen molar-refractivity contribution >= 4 is 24.2 Å². The van der Waals surface area contributed by atoms with Crippen molar-refractivity contribution in [2.24, 2.45) is 0 Å². The van der Waals surface area contributed by atoms with Gasteiger partial charge in [0.1, 0.15) is 0 Å². The van der Waals surface area contributed by atoms with E-state index in [1.165, 1.54) is 23.4 Å². The molecule has 3 aromatic rings. The van der Waals surface area contributed by atoms with E-state index in [0.717, 1.165) is 12.1 Å². The minimum Gasteiger partial charge on any atom is -0.399 e. The predicted molar refractivity (Wildman–Crippen MR) is 159 cm³/mol. The number of hydrogen-bond acceptors (Lipinski definition) is 7. The fraction of sp³-hybridized carbons (Fsp3) is 0.484. The minimum atomic E-state index is -5.11. The largest absolute Gasteiger partial charge is 0.495 e. The summed E-state index contributed by atoms with van der Waals surface area (Å²) in [5.74, 6) is -0.143. The number of hydrogen-bond donors (Lipinski definition) is 0. The molecule has 0 atom stereocenters. The first-order valence-corrected chi connectivity index (χ1v) is 14.9. The summed E-state index contributed by atoms with van der Waals surface area (Å²) >= 11 is 0. The van der Waals surface area contributed by atoms with Gasteiger partial charge in [-0.3, -0.25) is 0 Å². The van der Waals surface area contributed by atoms with Crippen LogP contribution in [0.1, 0.15) is 55.5 Å².